The van der Waals surface area contributed by atoms with E-state index in [1.807, 2.05) is 6.92 Å². The molecule has 0 aliphatic heterocycles. The van der Waals surface area contributed by atoms with E-state index in [-0.39, 0.29) is 24.7 Å². The summed E-state index contributed by atoms with van der Waals surface area (Å²) in [6.45, 7) is 5.93. The Morgan fingerprint density at radius 3 is 2.62 bits per heavy atom. The number of carbonyl (C=O) groups is 3. The fourth-order valence-corrected chi connectivity index (χ4v) is 3.00. The first kappa shape index (κ1) is 20.1. The Bertz CT molecular complexity index is 1100. The summed E-state index contributed by atoms with van der Waals surface area (Å²) in [5.74, 6) is -1.37. The van der Waals surface area contributed by atoms with E-state index >= 15 is 0 Å². The van der Waals surface area contributed by atoms with Crippen molar-refractivity contribution in [2.45, 2.75) is 33.9 Å². The normalized spacial score (nSPS) is 10.9. The fraction of sp³-hybridized carbons (Fsp3) is 0.316. The van der Waals surface area contributed by atoms with Gasteiger partial charge in [-0.05, 0) is 45.0 Å². The number of anilines is 1. The Hall–Kier alpha value is -3.69. The highest BCUT2D eigenvalue weighted by molar-refractivity contribution is 6.03. The van der Waals surface area contributed by atoms with Crippen molar-refractivity contribution in [3.63, 3.8) is 0 Å². The van der Waals surface area contributed by atoms with Crippen molar-refractivity contribution in [3.8, 4) is 0 Å². The molecule has 0 saturated heterocycles. The van der Waals surface area contributed by atoms with E-state index in [2.05, 4.69) is 15.4 Å². The highest BCUT2D eigenvalue weighted by Crippen LogP contribution is 2.22. The van der Waals surface area contributed by atoms with Crippen molar-refractivity contribution >= 4 is 34.8 Å². The second kappa shape index (κ2) is 8.13. The molecule has 0 unspecified atom stereocenters. The minimum absolute atomic E-state index is 0.154. The summed E-state index contributed by atoms with van der Waals surface area (Å²) in [5, 5.41) is 6.99. The van der Waals surface area contributed by atoms with E-state index in [9.17, 15) is 14.4 Å². The SMILES string of the molecule is CCOC(=O)Cn1c(NC(=O)c2cc(C)nn2CC)nc2ccc(C(N)=O)cc21. The number of rotatable bonds is 7. The Morgan fingerprint density at radius 1 is 1.21 bits per heavy atom. The van der Waals surface area contributed by atoms with Gasteiger partial charge >= 0.3 is 5.97 Å². The average Bonchev–Trinajstić information content (AvgIpc) is 3.21. The van der Waals surface area contributed by atoms with E-state index in [0.29, 0.717) is 29.0 Å². The van der Waals surface area contributed by atoms with Crippen LogP contribution in [-0.2, 0) is 22.6 Å². The molecule has 0 saturated carbocycles. The number of nitrogens with zero attached hydrogens (tertiary/aromatic N) is 4. The zero-order chi connectivity index (χ0) is 21.1. The van der Waals surface area contributed by atoms with E-state index in [1.54, 1.807) is 30.7 Å². The minimum Gasteiger partial charge on any atom is -0.465 e. The van der Waals surface area contributed by atoms with Crippen LogP contribution in [0.25, 0.3) is 11.0 Å². The quantitative estimate of drug-likeness (QED) is 0.579. The number of nitrogens with two attached hydrogens (primary N) is 1. The number of benzene rings is 1. The van der Waals surface area contributed by atoms with Crippen molar-refractivity contribution in [1.82, 2.24) is 19.3 Å². The van der Waals surface area contributed by atoms with Gasteiger partial charge in [-0.15, -0.1) is 0 Å². The number of esters is 1. The van der Waals surface area contributed by atoms with Crippen LogP contribution in [0, 0.1) is 6.92 Å². The Balaban J connectivity index is 2.04. The first-order valence-electron chi connectivity index (χ1n) is 9.15. The first-order valence-corrected chi connectivity index (χ1v) is 9.15. The van der Waals surface area contributed by atoms with Gasteiger partial charge in [-0.2, -0.15) is 5.10 Å². The van der Waals surface area contributed by atoms with Crippen LogP contribution < -0.4 is 11.1 Å². The molecule has 0 fully saturated rings. The largest absolute Gasteiger partial charge is 0.465 e. The molecule has 152 valence electrons. The molecule has 1 aromatic carbocycles. The van der Waals surface area contributed by atoms with Crippen LogP contribution in [0.1, 0.15) is 40.4 Å². The van der Waals surface area contributed by atoms with Gasteiger partial charge in [0.1, 0.15) is 12.2 Å². The van der Waals surface area contributed by atoms with Gasteiger partial charge in [0.2, 0.25) is 11.9 Å². The number of hydrogen-bond donors (Lipinski definition) is 2. The number of hydrogen-bond acceptors (Lipinski definition) is 6. The number of nitrogens with one attached hydrogen (secondary N) is 1. The van der Waals surface area contributed by atoms with Gasteiger partial charge in [0, 0.05) is 12.1 Å². The summed E-state index contributed by atoms with van der Waals surface area (Å²) in [6.07, 6.45) is 0. The second-order valence-corrected chi connectivity index (χ2v) is 6.34. The average molecular weight is 398 g/mol. The molecule has 29 heavy (non-hydrogen) atoms. The third-order valence-corrected chi connectivity index (χ3v) is 4.28. The highest BCUT2D eigenvalue weighted by Gasteiger charge is 2.20. The third kappa shape index (κ3) is 4.10. The minimum atomic E-state index is -0.608. The van der Waals surface area contributed by atoms with Crippen LogP contribution in [0.15, 0.2) is 24.3 Å². The van der Waals surface area contributed by atoms with E-state index in [4.69, 9.17) is 10.5 Å². The maximum absolute atomic E-state index is 12.8. The molecule has 0 radical (unpaired) electrons. The summed E-state index contributed by atoms with van der Waals surface area (Å²) in [7, 11) is 0. The molecule has 0 aliphatic rings. The lowest BCUT2D eigenvalue weighted by molar-refractivity contribution is -0.143. The molecule has 2 amide bonds. The first-order chi connectivity index (χ1) is 13.8. The van der Waals surface area contributed by atoms with Crippen molar-refractivity contribution in [2.75, 3.05) is 11.9 Å². The predicted octanol–water partition coefficient (Wildman–Crippen LogP) is 1.48. The number of ether oxygens (including phenoxy) is 1. The van der Waals surface area contributed by atoms with Crippen LogP contribution in [0.2, 0.25) is 0 Å². The number of aromatic nitrogens is 4. The number of aryl methyl sites for hydroxylation is 2. The van der Waals surface area contributed by atoms with Crippen molar-refractivity contribution < 1.29 is 19.1 Å². The molecule has 10 heteroatoms. The van der Waals surface area contributed by atoms with Crippen LogP contribution in [0.3, 0.4) is 0 Å². The Morgan fingerprint density at radius 2 is 1.97 bits per heavy atom. The Kier molecular flexibility index (Phi) is 5.62. The van der Waals surface area contributed by atoms with Gasteiger partial charge in [-0.3, -0.25) is 28.9 Å². The van der Waals surface area contributed by atoms with Crippen LogP contribution in [0.5, 0.6) is 0 Å². The number of amides is 2. The molecular weight excluding hydrogens is 376 g/mol. The molecule has 3 N–H and O–H groups in total. The summed E-state index contributed by atoms with van der Waals surface area (Å²) >= 11 is 0. The highest BCUT2D eigenvalue weighted by atomic mass is 16.5. The summed E-state index contributed by atoms with van der Waals surface area (Å²) in [6, 6.07) is 6.34. The van der Waals surface area contributed by atoms with Crippen LogP contribution >= 0.6 is 0 Å². The zero-order valence-corrected chi connectivity index (χ0v) is 16.4. The zero-order valence-electron chi connectivity index (χ0n) is 16.4. The van der Waals surface area contributed by atoms with E-state index < -0.39 is 17.8 Å². The van der Waals surface area contributed by atoms with Gasteiger partial charge in [-0.1, -0.05) is 0 Å². The molecule has 0 atom stereocenters. The molecule has 0 aliphatic carbocycles. The van der Waals surface area contributed by atoms with Gasteiger partial charge in [0.15, 0.2) is 0 Å². The fourth-order valence-electron chi connectivity index (χ4n) is 3.00. The molecule has 0 spiro atoms. The molecular formula is C19H22N6O4. The Labute approximate surface area is 166 Å². The van der Waals surface area contributed by atoms with Crippen LogP contribution in [0.4, 0.5) is 5.95 Å². The maximum atomic E-state index is 12.8. The lowest BCUT2D eigenvalue weighted by Crippen LogP contribution is -2.22. The van der Waals surface area contributed by atoms with Gasteiger partial charge < -0.3 is 10.5 Å². The number of carbonyl (C=O) groups excluding carboxylic acids is 3. The topological polar surface area (TPSA) is 134 Å². The van der Waals surface area contributed by atoms with Crippen LogP contribution in [-0.4, -0.2) is 43.7 Å². The van der Waals surface area contributed by atoms with Crippen molar-refractivity contribution in [3.05, 3.63) is 41.2 Å². The molecule has 0 bridgehead atoms. The van der Waals surface area contributed by atoms with Crippen molar-refractivity contribution in [2.24, 2.45) is 5.73 Å². The molecule has 3 rings (SSSR count). The van der Waals surface area contributed by atoms with E-state index in [1.165, 1.54) is 16.7 Å². The monoisotopic (exact) mass is 398 g/mol. The van der Waals surface area contributed by atoms with Gasteiger partial charge in [0.25, 0.3) is 5.91 Å². The smallest absolute Gasteiger partial charge is 0.326 e. The number of imidazole rings is 1. The molecule has 10 nitrogen and oxygen atoms in total. The number of fused-ring (bicyclic) bond motifs is 1. The third-order valence-electron chi connectivity index (χ3n) is 4.28. The number of primary amides is 1. The van der Waals surface area contributed by atoms with E-state index in [0.717, 1.165) is 0 Å². The standard InChI is InChI=1S/C19H22N6O4/c1-4-25-15(8-11(3)23-25)18(28)22-19-21-13-7-6-12(17(20)27)9-14(13)24(19)10-16(26)29-5-2/h6-9H,4-5,10H2,1-3H3,(H2,20,27)(H,21,22,28). The lowest BCUT2D eigenvalue weighted by Gasteiger charge is -2.10. The van der Waals surface area contributed by atoms with Gasteiger partial charge in [-0.25, -0.2) is 4.98 Å². The summed E-state index contributed by atoms with van der Waals surface area (Å²) in [4.78, 5) is 40.8. The summed E-state index contributed by atoms with van der Waals surface area (Å²) in [5.41, 5.74) is 7.68. The molecule has 2 aromatic heterocycles. The predicted molar refractivity (Wildman–Crippen MR) is 105 cm³/mol. The lowest BCUT2D eigenvalue weighted by atomic mass is 10.2. The molecule has 2 heterocycles. The second-order valence-electron chi connectivity index (χ2n) is 6.34. The van der Waals surface area contributed by atoms with Crippen molar-refractivity contribution in [1.29, 1.82) is 0 Å². The molecule has 3 aromatic rings. The van der Waals surface area contributed by atoms with Gasteiger partial charge in [0.05, 0.1) is 23.3 Å². The summed E-state index contributed by atoms with van der Waals surface area (Å²) < 4.78 is 8.08. The maximum Gasteiger partial charge on any atom is 0.326 e.